The van der Waals surface area contributed by atoms with E-state index in [0.29, 0.717) is 17.0 Å². The largest absolute Gasteiger partial charge is 0.496 e. The molecule has 1 aromatic carbocycles. The molecule has 0 amide bonds. The van der Waals surface area contributed by atoms with Crippen molar-refractivity contribution in [3.63, 3.8) is 0 Å². The maximum atomic E-state index is 12.3. The first kappa shape index (κ1) is 17.6. The lowest BCUT2D eigenvalue weighted by molar-refractivity contribution is -0.136. The summed E-state index contributed by atoms with van der Waals surface area (Å²) in [6.45, 7) is 1.12. The number of aliphatic hydroxyl groups excluding tert-OH is 1. The van der Waals surface area contributed by atoms with E-state index in [1.54, 1.807) is 31.2 Å². The second-order valence-corrected chi connectivity index (χ2v) is 5.19. The Balaban J connectivity index is 2.78. The fraction of sp³-hybridized carbons (Fsp3) is 0.294. The summed E-state index contributed by atoms with van der Waals surface area (Å²) in [4.78, 5) is 24.1. The molecule has 1 aliphatic heterocycles. The third kappa shape index (κ3) is 2.98. The zero-order valence-electron chi connectivity index (χ0n) is 13.6. The maximum Gasteiger partial charge on any atom is 0.336 e. The Morgan fingerprint density at radius 2 is 1.88 bits per heavy atom. The Morgan fingerprint density at radius 3 is 2.42 bits per heavy atom. The Labute approximate surface area is 139 Å². The van der Waals surface area contributed by atoms with Crippen LogP contribution in [-0.2, 0) is 14.3 Å². The summed E-state index contributed by atoms with van der Waals surface area (Å²) in [5, 5.41) is 22.1. The Morgan fingerprint density at radius 1 is 1.21 bits per heavy atom. The molecule has 0 fully saturated rings. The summed E-state index contributed by atoms with van der Waals surface area (Å²) in [6.07, 6.45) is 0. The number of hydrogen-bond acceptors (Lipinski definition) is 6. The van der Waals surface area contributed by atoms with Crippen molar-refractivity contribution in [1.82, 2.24) is 5.32 Å². The van der Waals surface area contributed by atoms with Crippen molar-refractivity contribution in [3.8, 4) is 5.75 Å². The summed E-state index contributed by atoms with van der Waals surface area (Å²) in [7, 11) is 2.67. The topological polar surface area (TPSA) is 105 Å². The highest BCUT2D eigenvalue weighted by Crippen LogP contribution is 2.42. The van der Waals surface area contributed by atoms with E-state index in [-0.39, 0.29) is 16.8 Å². The standard InChI is InChI=1S/C17H19NO6/c1-9-13(16(20)21)14(10-6-4-5-7-12(10)23-2)15(17(22)24-3)11(8-19)18-9/h4-7,14,18-19H,8H2,1-3H3,(H,20,21). The zero-order valence-corrected chi connectivity index (χ0v) is 13.6. The number of para-hydroxylation sites is 1. The van der Waals surface area contributed by atoms with Gasteiger partial charge in [0.2, 0.25) is 0 Å². The molecular formula is C17H19NO6. The van der Waals surface area contributed by atoms with Gasteiger partial charge in [0.15, 0.2) is 0 Å². The van der Waals surface area contributed by atoms with E-state index >= 15 is 0 Å². The molecule has 0 radical (unpaired) electrons. The fourth-order valence-electron chi connectivity index (χ4n) is 2.87. The Bertz CT molecular complexity index is 734. The van der Waals surface area contributed by atoms with Crippen LogP contribution in [0.2, 0.25) is 0 Å². The van der Waals surface area contributed by atoms with Crippen LogP contribution in [0.5, 0.6) is 5.75 Å². The van der Waals surface area contributed by atoms with Gasteiger partial charge in [-0.15, -0.1) is 0 Å². The van der Waals surface area contributed by atoms with Gasteiger partial charge in [-0.25, -0.2) is 9.59 Å². The predicted octanol–water partition coefficient (Wildman–Crippen LogP) is 1.16. The molecule has 7 heteroatoms. The first-order chi connectivity index (χ1) is 11.5. The van der Waals surface area contributed by atoms with Crippen LogP contribution in [-0.4, -0.2) is 43.0 Å². The van der Waals surface area contributed by atoms with Crippen molar-refractivity contribution < 1.29 is 29.3 Å². The van der Waals surface area contributed by atoms with Gasteiger partial charge in [0, 0.05) is 11.3 Å². The number of hydrogen-bond donors (Lipinski definition) is 3. The summed E-state index contributed by atoms with van der Waals surface area (Å²) >= 11 is 0. The zero-order chi connectivity index (χ0) is 17.9. The van der Waals surface area contributed by atoms with Crippen molar-refractivity contribution in [3.05, 3.63) is 52.4 Å². The minimum atomic E-state index is -1.17. The van der Waals surface area contributed by atoms with Crippen molar-refractivity contribution in [2.45, 2.75) is 12.8 Å². The number of rotatable bonds is 5. The van der Waals surface area contributed by atoms with Gasteiger partial charge in [-0.1, -0.05) is 18.2 Å². The molecule has 0 bridgehead atoms. The van der Waals surface area contributed by atoms with E-state index in [1.807, 2.05) is 0 Å². The molecule has 128 valence electrons. The summed E-state index contributed by atoms with van der Waals surface area (Å²) in [5.41, 5.74) is 1.10. The molecular weight excluding hydrogens is 314 g/mol. The molecule has 1 atom stereocenters. The molecule has 2 rings (SSSR count). The van der Waals surface area contributed by atoms with Crippen LogP contribution >= 0.6 is 0 Å². The van der Waals surface area contributed by atoms with Crippen molar-refractivity contribution in [1.29, 1.82) is 0 Å². The van der Waals surface area contributed by atoms with Crippen LogP contribution in [0.3, 0.4) is 0 Å². The monoisotopic (exact) mass is 333 g/mol. The Kier molecular flexibility index (Phi) is 5.25. The molecule has 0 spiro atoms. The van der Waals surface area contributed by atoms with Gasteiger partial charge in [-0.3, -0.25) is 0 Å². The molecule has 3 N–H and O–H groups in total. The summed E-state index contributed by atoms with van der Waals surface area (Å²) < 4.78 is 10.1. The number of aliphatic carboxylic acids is 1. The fourth-order valence-corrected chi connectivity index (χ4v) is 2.87. The first-order valence-electron chi connectivity index (χ1n) is 7.22. The third-order valence-electron chi connectivity index (χ3n) is 3.89. The number of nitrogens with one attached hydrogen (secondary N) is 1. The lowest BCUT2D eigenvalue weighted by Gasteiger charge is -2.30. The van der Waals surface area contributed by atoms with Crippen LogP contribution in [0.1, 0.15) is 18.4 Å². The molecule has 1 unspecified atom stereocenters. The number of carbonyl (C=O) groups excluding carboxylic acids is 1. The quantitative estimate of drug-likeness (QED) is 0.694. The maximum absolute atomic E-state index is 12.3. The van der Waals surface area contributed by atoms with Crippen LogP contribution in [0, 0.1) is 0 Å². The van der Waals surface area contributed by atoms with Gasteiger partial charge in [0.1, 0.15) is 5.75 Å². The second kappa shape index (κ2) is 7.18. The van der Waals surface area contributed by atoms with Crippen LogP contribution in [0.15, 0.2) is 46.8 Å². The third-order valence-corrected chi connectivity index (χ3v) is 3.89. The molecule has 0 aromatic heterocycles. The number of carboxylic acids is 1. The van der Waals surface area contributed by atoms with Gasteiger partial charge in [-0.2, -0.15) is 0 Å². The normalized spacial score (nSPS) is 17.4. The number of carboxylic acid groups (broad SMARTS) is 1. The van der Waals surface area contributed by atoms with Gasteiger partial charge >= 0.3 is 11.9 Å². The van der Waals surface area contributed by atoms with E-state index in [0.717, 1.165) is 0 Å². The number of carbonyl (C=O) groups is 2. The van der Waals surface area contributed by atoms with Crippen LogP contribution in [0.4, 0.5) is 0 Å². The summed E-state index contributed by atoms with van der Waals surface area (Å²) in [6, 6.07) is 6.83. The number of aliphatic hydroxyl groups is 1. The van der Waals surface area contributed by atoms with Crippen molar-refractivity contribution in [2.24, 2.45) is 0 Å². The molecule has 24 heavy (non-hydrogen) atoms. The molecule has 1 aromatic rings. The highest BCUT2D eigenvalue weighted by atomic mass is 16.5. The van der Waals surface area contributed by atoms with E-state index in [9.17, 15) is 19.8 Å². The molecule has 7 nitrogen and oxygen atoms in total. The second-order valence-electron chi connectivity index (χ2n) is 5.19. The van der Waals surface area contributed by atoms with Crippen LogP contribution in [0.25, 0.3) is 0 Å². The smallest absolute Gasteiger partial charge is 0.336 e. The predicted molar refractivity (Wildman–Crippen MR) is 85.3 cm³/mol. The molecule has 0 aliphatic carbocycles. The van der Waals surface area contributed by atoms with Crippen molar-refractivity contribution >= 4 is 11.9 Å². The van der Waals surface area contributed by atoms with Gasteiger partial charge in [0.05, 0.1) is 43.6 Å². The summed E-state index contributed by atoms with van der Waals surface area (Å²) in [5.74, 6) is -2.37. The van der Waals surface area contributed by atoms with Crippen LogP contribution < -0.4 is 10.1 Å². The lowest BCUT2D eigenvalue weighted by atomic mass is 9.80. The minimum absolute atomic E-state index is 0.00269. The number of ether oxygens (including phenoxy) is 2. The number of esters is 1. The number of methoxy groups -OCH3 is 2. The Hall–Kier alpha value is -2.80. The van der Waals surface area contributed by atoms with Gasteiger partial charge in [0.25, 0.3) is 0 Å². The number of allylic oxidation sites excluding steroid dienone is 1. The minimum Gasteiger partial charge on any atom is -0.496 e. The average molecular weight is 333 g/mol. The van der Waals surface area contributed by atoms with Gasteiger partial charge in [-0.05, 0) is 13.0 Å². The van der Waals surface area contributed by atoms with E-state index in [1.165, 1.54) is 14.2 Å². The molecule has 1 heterocycles. The first-order valence-corrected chi connectivity index (χ1v) is 7.22. The lowest BCUT2D eigenvalue weighted by Crippen LogP contribution is -2.33. The number of benzene rings is 1. The highest BCUT2D eigenvalue weighted by molar-refractivity contribution is 5.99. The van der Waals surface area contributed by atoms with E-state index in [4.69, 9.17) is 9.47 Å². The van der Waals surface area contributed by atoms with Crippen molar-refractivity contribution in [2.75, 3.05) is 20.8 Å². The molecule has 0 saturated heterocycles. The van der Waals surface area contributed by atoms with E-state index < -0.39 is 24.5 Å². The highest BCUT2D eigenvalue weighted by Gasteiger charge is 2.39. The average Bonchev–Trinajstić information content (AvgIpc) is 2.59. The van der Waals surface area contributed by atoms with Gasteiger partial charge < -0.3 is 25.0 Å². The molecule has 0 saturated carbocycles. The SMILES string of the molecule is COC(=O)C1=C(CO)NC(C)=C(C(=O)O)C1c1ccccc1OC. The van der Waals surface area contributed by atoms with E-state index in [2.05, 4.69) is 5.32 Å². The molecule has 1 aliphatic rings. The number of dihydropyridines is 1.